The van der Waals surface area contributed by atoms with E-state index in [1.807, 2.05) is 18.2 Å². The highest BCUT2D eigenvalue weighted by molar-refractivity contribution is 7.85. The number of benzene rings is 3. The average Bonchev–Trinajstić information content (AvgIpc) is 2.94. The van der Waals surface area contributed by atoms with Crippen LogP contribution in [0, 0.1) is 10.1 Å². The standard InChI is InChI=1S/C25H38NO.C6H5NO5S/c1-3-5-13-19-26(20-14-6-4-2,23-24-15-9-7-10-16-24)21-22-27-25-17-11-8-12-18-25;8-7(9)5-2-1-3-6(4-5)13(10,11)12/h7-12,15-18H,3-6,13-14,19-23H2,1-2H3;1-4H,(H,10,11,12)/q+1;/p-1. The zero-order chi connectivity index (χ0) is 29.3. The fourth-order valence-corrected chi connectivity index (χ4v) is 5.07. The first kappa shape index (κ1) is 32.9. The van der Waals surface area contributed by atoms with Crippen LogP contribution in [-0.4, -0.2) is 48.6 Å². The molecule has 218 valence electrons. The Morgan fingerprint density at radius 3 is 1.88 bits per heavy atom. The van der Waals surface area contributed by atoms with Gasteiger partial charge < -0.3 is 13.8 Å². The number of hydrogen-bond donors (Lipinski definition) is 0. The summed E-state index contributed by atoms with van der Waals surface area (Å²) in [4.78, 5) is 8.82. The molecule has 0 bridgehead atoms. The molecule has 0 saturated carbocycles. The number of unbranched alkanes of at least 4 members (excludes halogenated alkanes) is 4. The molecule has 0 amide bonds. The molecule has 0 fully saturated rings. The zero-order valence-corrected chi connectivity index (χ0v) is 24.4. The quantitative estimate of drug-likeness (QED) is 0.0605. The Labute approximate surface area is 239 Å². The van der Waals surface area contributed by atoms with E-state index in [-0.39, 0.29) is 0 Å². The van der Waals surface area contributed by atoms with Crippen LogP contribution in [0.5, 0.6) is 5.75 Å². The Morgan fingerprint density at radius 1 is 0.775 bits per heavy atom. The third-order valence-electron chi connectivity index (χ3n) is 6.73. The van der Waals surface area contributed by atoms with Crippen molar-refractivity contribution in [3.05, 3.63) is 101 Å². The molecule has 0 N–H and O–H groups in total. The predicted octanol–water partition coefficient (Wildman–Crippen LogP) is 6.96. The molecule has 8 nitrogen and oxygen atoms in total. The maximum Gasteiger partial charge on any atom is 0.270 e. The molecule has 9 heteroatoms. The minimum Gasteiger partial charge on any atom is -0.744 e. The Hall–Kier alpha value is -3.27. The number of quaternary nitrogens is 1. The molecule has 3 rings (SSSR count). The van der Waals surface area contributed by atoms with E-state index in [2.05, 4.69) is 56.3 Å². The lowest BCUT2D eigenvalue weighted by Crippen LogP contribution is -2.51. The molecule has 0 aliphatic carbocycles. The normalized spacial score (nSPS) is 11.4. The molecular weight excluding hydrogens is 528 g/mol. The second kappa shape index (κ2) is 17.4. The number of ether oxygens (including phenoxy) is 1. The minimum atomic E-state index is -4.61. The molecule has 0 saturated heterocycles. The van der Waals surface area contributed by atoms with Crippen molar-refractivity contribution in [1.82, 2.24) is 0 Å². The van der Waals surface area contributed by atoms with E-state index in [1.165, 1.54) is 57.2 Å². The van der Waals surface area contributed by atoms with Crippen LogP contribution in [-0.2, 0) is 16.7 Å². The van der Waals surface area contributed by atoms with Crippen molar-refractivity contribution in [3.63, 3.8) is 0 Å². The molecule has 0 radical (unpaired) electrons. The van der Waals surface area contributed by atoms with E-state index in [4.69, 9.17) is 4.74 Å². The molecule has 3 aromatic rings. The van der Waals surface area contributed by atoms with Gasteiger partial charge in [-0.05, 0) is 43.9 Å². The van der Waals surface area contributed by atoms with Crippen LogP contribution in [0.3, 0.4) is 0 Å². The fourth-order valence-electron chi connectivity index (χ4n) is 4.56. The second-order valence-electron chi connectivity index (χ2n) is 9.94. The minimum absolute atomic E-state index is 0.420. The van der Waals surface area contributed by atoms with Crippen LogP contribution in [0.4, 0.5) is 5.69 Å². The molecule has 0 heterocycles. The first-order valence-electron chi connectivity index (χ1n) is 14.0. The van der Waals surface area contributed by atoms with Gasteiger partial charge in [0.05, 0.1) is 22.9 Å². The molecule has 0 unspecified atom stereocenters. The molecule has 0 atom stereocenters. The number of nitro groups is 1. The molecule has 40 heavy (non-hydrogen) atoms. The van der Waals surface area contributed by atoms with Gasteiger partial charge in [-0.25, -0.2) is 8.42 Å². The number of nitrogens with zero attached hydrogens (tertiary/aromatic N) is 2. The van der Waals surface area contributed by atoms with Crippen LogP contribution in [0.25, 0.3) is 0 Å². The highest BCUT2D eigenvalue weighted by atomic mass is 32.2. The number of hydrogen-bond acceptors (Lipinski definition) is 6. The van der Waals surface area contributed by atoms with Gasteiger partial charge in [0.2, 0.25) is 0 Å². The summed E-state index contributed by atoms with van der Waals surface area (Å²) in [5, 5.41) is 10.2. The van der Waals surface area contributed by atoms with E-state index in [9.17, 15) is 23.1 Å². The Bertz CT molecular complexity index is 1230. The Balaban J connectivity index is 0.000000360. The first-order valence-corrected chi connectivity index (χ1v) is 15.4. The summed E-state index contributed by atoms with van der Waals surface area (Å²) >= 11 is 0. The van der Waals surface area contributed by atoms with Crippen LogP contribution in [0.2, 0.25) is 0 Å². The Kier molecular flexibility index (Phi) is 14.4. The van der Waals surface area contributed by atoms with Gasteiger partial charge in [0.25, 0.3) is 5.69 Å². The Morgan fingerprint density at radius 2 is 1.35 bits per heavy atom. The van der Waals surface area contributed by atoms with Gasteiger partial charge in [0.1, 0.15) is 35.6 Å². The first-order chi connectivity index (χ1) is 19.2. The molecule has 3 aromatic carbocycles. The van der Waals surface area contributed by atoms with Crippen molar-refractivity contribution in [2.24, 2.45) is 0 Å². The van der Waals surface area contributed by atoms with Gasteiger partial charge in [0.15, 0.2) is 0 Å². The van der Waals surface area contributed by atoms with E-state index in [1.54, 1.807) is 0 Å². The number of rotatable bonds is 16. The van der Waals surface area contributed by atoms with Crippen LogP contribution < -0.4 is 4.74 Å². The predicted molar refractivity (Wildman–Crippen MR) is 157 cm³/mol. The van der Waals surface area contributed by atoms with Gasteiger partial charge in [-0.2, -0.15) is 0 Å². The van der Waals surface area contributed by atoms with E-state index in [0.717, 1.165) is 54.2 Å². The number of para-hydroxylation sites is 1. The third-order valence-corrected chi connectivity index (χ3v) is 7.56. The molecule has 0 spiro atoms. The fraction of sp³-hybridized carbons (Fsp3) is 0.419. The highest BCUT2D eigenvalue weighted by Crippen LogP contribution is 2.20. The van der Waals surface area contributed by atoms with Gasteiger partial charge in [-0.3, -0.25) is 10.1 Å². The van der Waals surface area contributed by atoms with Crippen molar-refractivity contribution in [2.75, 3.05) is 26.2 Å². The zero-order valence-electron chi connectivity index (χ0n) is 23.6. The van der Waals surface area contributed by atoms with Crippen LogP contribution in [0.1, 0.15) is 57.9 Å². The van der Waals surface area contributed by atoms with Crippen molar-refractivity contribution < 1.29 is 27.1 Å². The summed E-state index contributed by atoms with van der Waals surface area (Å²) in [7, 11) is -4.61. The molecule has 0 aliphatic rings. The van der Waals surface area contributed by atoms with Crippen molar-refractivity contribution in [1.29, 1.82) is 0 Å². The topological polar surface area (TPSA) is 110 Å². The number of non-ortho nitro benzene ring substituents is 1. The smallest absolute Gasteiger partial charge is 0.270 e. The van der Waals surface area contributed by atoms with Crippen molar-refractivity contribution >= 4 is 15.8 Å². The van der Waals surface area contributed by atoms with E-state index < -0.39 is 25.6 Å². The summed E-state index contributed by atoms with van der Waals surface area (Å²) in [5.41, 5.74) is 1.03. The third kappa shape index (κ3) is 12.3. The molecule has 0 aliphatic heterocycles. The van der Waals surface area contributed by atoms with E-state index >= 15 is 0 Å². The maximum atomic E-state index is 10.4. The highest BCUT2D eigenvalue weighted by Gasteiger charge is 2.27. The van der Waals surface area contributed by atoms with Gasteiger partial charge in [-0.1, -0.05) is 81.3 Å². The summed E-state index contributed by atoms with van der Waals surface area (Å²) < 4.78 is 38.5. The summed E-state index contributed by atoms with van der Waals surface area (Å²) in [5.74, 6) is 0.984. The van der Waals surface area contributed by atoms with Crippen molar-refractivity contribution in [3.8, 4) is 5.75 Å². The average molecular weight is 571 g/mol. The summed E-state index contributed by atoms with van der Waals surface area (Å²) in [6.07, 6.45) is 7.81. The molecular formula is C31H42N2O6S. The molecule has 0 aromatic heterocycles. The largest absolute Gasteiger partial charge is 0.744 e. The van der Waals surface area contributed by atoms with Gasteiger partial charge in [0, 0.05) is 17.7 Å². The van der Waals surface area contributed by atoms with Gasteiger partial charge in [-0.15, -0.1) is 0 Å². The maximum absolute atomic E-state index is 10.4. The van der Waals surface area contributed by atoms with Gasteiger partial charge >= 0.3 is 0 Å². The lowest BCUT2D eigenvalue weighted by molar-refractivity contribution is -0.941. The lowest BCUT2D eigenvalue weighted by Gasteiger charge is -2.39. The van der Waals surface area contributed by atoms with Crippen molar-refractivity contribution in [2.45, 2.75) is 63.8 Å². The summed E-state index contributed by atoms with van der Waals surface area (Å²) in [6.45, 7) is 10.1. The monoisotopic (exact) mass is 570 g/mol. The summed E-state index contributed by atoms with van der Waals surface area (Å²) in [6, 6.07) is 25.2. The van der Waals surface area contributed by atoms with Crippen LogP contribution >= 0.6 is 0 Å². The number of nitro benzene ring substituents is 1. The lowest BCUT2D eigenvalue weighted by atomic mass is 10.1. The van der Waals surface area contributed by atoms with E-state index in [0.29, 0.717) is 0 Å². The SMILES string of the molecule is CCCCC[N+](CCCCC)(CCOc1ccccc1)Cc1ccccc1.O=[N+]([O-])c1cccc(S(=O)(=O)[O-])c1. The van der Waals surface area contributed by atoms with Crippen LogP contribution in [0.15, 0.2) is 89.8 Å². The second-order valence-corrected chi connectivity index (χ2v) is 11.3.